The number of benzene rings is 1. The van der Waals surface area contributed by atoms with E-state index >= 15 is 0 Å². The van der Waals surface area contributed by atoms with Crippen molar-refractivity contribution < 1.29 is 18.0 Å². The molecule has 0 spiro atoms. The lowest BCUT2D eigenvalue weighted by atomic mass is 10.2. The van der Waals surface area contributed by atoms with Crippen molar-refractivity contribution in [3.05, 3.63) is 71.5 Å². The number of carbonyl (C=O) groups excluding carboxylic acids is 1. The quantitative estimate of drug-likeness (QED) is 0.427. The smallest absolute Gasteiger partial charge is 0.355 e. The number of nitrogens with one attached hydrogen (secondary N) is 3. The van der Waals surface area contributed by atoms with E-state index in [1.54, 1.807) is 0 Å². The topological polar surface area (TPSA) is 96.2 Å². The van der Waals surface area contributed by atoms with Gasteiger partial charge in [-0.25, -0.2) is 4.98 Å². The molecule has 11 heteroatoms. The highest BCUT2D eigenvalue weighted by atomic mass is 19.4. The number of pyridine rings is 2. The lowest BCUT2D eigenvalue weighted by molar-refractivity contribution is -0.136. The Kier molecular flexibility index (Phi) is 5.39. The van der Waals surface area contributed by atoms with Gasteiger partial charge in [-0.3, -0.25) is 9.20 Å². The van der Waals surface area contributed by atoms with E-state index in [4.69, 9.17) is 0 Å². The molecule has 3 N–H and O–H groups in total. The van der Waals surface area contributed by atoms with Crippen molar-refractivity contribution in [3.8, 4) is 0 Å². The Morgan fingerprint density at radius 1 is 1.03 bits per heavy atom. The Hall–Kier alpha value is -4.15. The van der Waals surface area contributed by atoms with E-state index in [2.05, 4.69) is 31.1 Å². The van der Waals surface area contributed by atoms with Gasteiger partial charge in [-0.1, -0.05) is 18.2 Å². The van der Waals surface area contributed by atoms with Crippen molar-refractivity contribution in [3.63, 3.8) is 0 Å². The van der Waals surface area contributed by atoms with Crippen LogP contribution >= 0.6 is 0 Å². The molecule has 0 aliphatic heterocycles. The maximum absolute atomic E-state index is 13.3. The van der Waals surface area contributed by atoms with Crippen LogP contribution in [0.4, 0.5) is 36.3 Å². The van der Waals surface area contributed by atoms with E-state index in [9.17, 15) is 18.0 Å². The van der Waals surface area contributed by atoms with Crippen LogP contribution in [0, 0.1) is 6.92 Å². The molecule has 0 fully saturated rings. The lowest BCUT2D eigenvalue weighted by Crippen LogP contribution is -2.18. The van der Waals surface area contributed by atoms with Crippen LogP contribution in [-0.4, -0.2) is 32.5 Å². The normalized spacial score (nSPS) is 11.4. The summed E-state index contributed by atoms with van der Waals surface area (Å²) in [5.74, 6) is 0.0268. The standard InChI is InChI=1S/C21H18F3N7O/c1-12-6-3-4-8-15(12)27-17-16(10-13(11-26-17)19(32)25-2)28-20-30-29-18-14(21(22,23)24)7-5-9-31(18)20/h3-11H,1-2H3,(H,25,32)(H,26,27)(H,28,30). The Morgan fingerprint density at radius 3 is 2.53 bits per heavy atom. The number of alkyl halides is 3. The van der Waals surface area contributed by atoms with Gasteiger partial charge < -0.3 is 16.0 Å². The van der Waals surface area contributed by atoms with Gasteiger partial charge in [0.25, 0.3) is 5.91 Å². The second kappa shape index (κ2) is 8.17. The van der Waals surface area contributed by atoms with Gasteiger partial charge >= 0.3 is 6.18 Å². The molecule has 0 radical (unpaired) electrons. The third-order valence-corrected chi connectivity index (χ3v) is 4.76. The lowest BCUT2D eigenvalue weighted by Gasteiger charge is -2.15. The third-order valence-electron chi connectivity index (χ3n) is 4.76. The highest BCUT2D eigenvalue weighted by molar-refractivity contribution is 5.95. The minimum absolute atomic E-state index is 0.0368. The Balaban J connectivity index is 1.78. The van der Waals surface area contributed by atoms with Gasteiger partial charge in [0.1, 0.15) is 5.56 Å². The van der Waals surface area contributed by atoms with Crippen LogP contribution in [0.25, 0.3) is 5.65 Å². The zero-order valence-electron chi connectivity index (χ0n) is 17.0. The number of aryl methyl sites for hydroxylation is 1. The fourth-order valence-electron chi connectivity index (χ4n) is 3.11. The minimum atomic E-state index is -4.58. The number of aromatic nitrogens is 4. The summed E-state index contributed by atoms with van der Waals surface area (Å²) in [5.41, 5.74) is 1.08. The summed E-state index contributed by atoms with van der Waals surface area (Å²) in [7, 11) is 1.49. The van der Waals surface area contributed by atoms with Crippen molar-refractivity contribution in [1.29, 1.82) is 0 Å². The van der Waals surface area contributed by atoms with Crippen LogP contribution in [0.1, 0.15) is 21.5 Å². The van der Waals surface area contributed by atoms with Crippen LogP contribution in [0.2, 0.25) is 0 Å². The molecular weight excluding hydrogens is 423 g/mol. The first kappa shape index (κ1) is 21.1. The summed E-state index contributed by atoms with van der Waals surface area (Å²) in [6, 6.07) is 11.2. The van der Waals surface area contributed by atoms with E-state index in [-0.39, 0.29) is 23.1 Å². The zero-order valence-corrected chi connectivity index (χ0v) is 17.0. The maximum atomic E-state index is 13.3. The van der Waals surface area contributed by atoms with Crippen molar-refractivity contribution in [2.24, 2.45) is 0 Å². The van der Waals surface area contributed by atoms with Gasteiger partial charge in [0, 0.05) is 25.1 Å². The summed E-state index contributed by atoms with van der Waals surface area (Å²) >= 11 is 0. The molecule has 0 aliphatic carbocycles. The number of amides is 1. The number of anilines is 4. The molecule has 0 bridgehead atoms. The van der Waals surface area contributed by atoms with Crippen LogP contribution < -0.4 is 16.0 Å². The predicted octanol–water partition coefficient (Wildman–Crippen LogP) is 4.30. The summed E-state index contributed by atoms with van der Waals surface area (Å²) in [6.07, 6.45) is -1.77. The predicted molar refractivity (Wildman–Crippen MR) is 113 cm³/mol. The van der Waals surface area contributed by atoms with E-state index < -0.39 is 11.7 Å². The molecule has 0 atom stereocenters. The first-order valence-corrected chi connectivity index (χ1v) is 9.50. The number of hydrogen-bond donors (Lipinski definition) is 3. The van der Waals surface area contributed by atoms with E-state index in [1.165, 1.54) is 36.0 Å². The van der Waals surface area contributed by atoms with Gasteiger partial charge in [0.05, 0.1) is 11.3 Å². The Morgan fingerprint density at radius 2 is 1.81 bits per heavy atom. The first-order valence-electron chi connectivity index (χ1n) is 9.50. The van der Waals surface area contributed by atoms with E-state index in [0.29, 0.717) is 11.5 Å². The number of fused-ring (bicyclic) bond motifs is 1. The molecule has 3 aromatic heterocycles. The minimum Gasteiger partial charge on any atom is -0.355 e. The molecule has 8 nitrogen and oxygen atoms in total. The molecule has 3 heterocycles. The number of halogens is 3. The van der Waals surface area contributed by atoms with Gasteiger partial charge in [-0.15, -0.1) is 10.2 Å². The SMILES string of the molecule is CNC(=O)c1cnc(Nc2ccccc2C)c(Nc2nnc3c(C(F)(F)F)cccn23)c1. The first-order chi connectivity index (χ1) is 15.3. The number of nitrogens with zero attached hydrogens (tertiary/aromatic N) is 4. The van der Waals surface area contributed by atoms with Crippen LogP contribution in [0.3, 0.4) is 0 Å². The monoisotopic (exact) mass is 441 g/mol. The molecule has 0 saturated heterocycles. The van der Waals surface area contributed by atoms with Crippen molar-refractivity contribution in [2.75, 3.05) is 17.7 Å². The van der Waals surface area contributed by atoms with Crippen LogP contribution in [0.15, 0.2) is 54.9 Å². The van der Waals surface area contributed by atoms with Crippen LogP contribution in [0.5, 0.6) is 0 Å². The van der Waals surface area contributed by atoms with Crippen molar-refractivity contribution in [2.45, 2.75) is 13.1 Å². The molecule has 1 amide bonds. The molecule has 164 valence electrons. The number of para-hydroxylation sites is 1. The average Bonchev–Trinajstić information content (AvgIpc) is 3.18. The van der Waals surface area contributed by atoms with Gasteiger partial charge in [-0.2, -0.15) is 13.2 Å². The summed E-state index contributed by atoms with van der Waals surface area (Å²) in [4.78, 5) is 16.4. The summed E-state index contributed by atoms with van der Waals surface area (Å²) in [5, 5.41) is 16.2. The van der Waals surface area contributed by atoms with E-state index in [0.717, 1.165) is 17.3 Å². The molecule has 4 aromatic rings. The Bertz CT molecular complexity index is 1300. The van der Waals surface area contributed by atoms with Crippen LogP contribution in [-0.2, 0) is 6.18 Å². The average molecular weight is 441 g/mol. The van der Waals surface area contributed by atoms with Crippen molar-refractivity contribution in [1.82, 2.24) is 24.9 Å². The number of carbonyl (C=O) groups is 1. The molecule has 0 saturated carbocycles. The molecule has 1 aromatic carbocycles. The summed E-state index contributed by atoms with van der Waals surface area (Å²) in [6.45, 7) is 1.92. The van der Waals surface area contributed by atoms with Gasteiger partial charge in [-0.05, 0) is 36.8 Å². The molecular formula is C21H18F3N7O. The number of hydrogen-bond acceptors (Lipinski definition) is 6. The largest absolute Gasteiger partial charge is 0.420 e. The highest BCUT2D eigenvalue weighted by Gasteiger charge is 2.34. The highest BCUT2D eigenvalue weighted by Crippen LogP contribution is 2.33. The Labute approximate surface area is 180 Å². The molecule has 0 aliphatic rings. The van der Waals surface area contributed by atoms with Gasteiger partial charge in [0.15, 0.2) is 11.5 Å². The fraction of sp³-hybridized carbons (Fsp3) is 0.143. The third kappa shape index (κ3) is 4.04. The van der Waals surface area contributed by atoms with Crippen molar-refractivity contribution >= 4 is 34.7 Å². The van der Waals surface area contributed by atoms with E-state index in [1.807, 2.05) is 31.2 Å². The molecule has 32 heavy (non-hydrogen) atoms. The fourth-order valence-corrected chi connectivity index (χ4v) is 3.11. The van der Waals surface area contributed by atoms with Gasteiger partial charge in [0.2, 0.25) is 5.95 Å². The summed E-state index contributed by atoms with van der Waals surface area (Å²) < 4.78 is 41.1. The second-order valence-electron chi connectivity index (χ2n) is 6.90. The molecule has 4 rings (SSSR count). The zero-order chi connectivity index (χ0) is 22.9. The second-order valence-corrected chi connectivity index (χ2v) is 6.90. The maximum Gasteiger partial charge on any atom is 0.420 e. The number of rotatable bonds is 5. The molecule has 0 unspecified atom stereocenters.